The third kappa shape index (κ3) is 2.76. The second-order valence-electron chi connectivity index (χ2n) is 5.53. The molecule has 0 aliphatic heterocycles. The molecule has 1 N–H and O–H groups in total. The van der Waals surface area contributed by atoms with Gasteiger partial charge in [0.05, 0.1) is 11.6 Å². The van der Waals surface area contributed by atoms with Crippen LogP contribution < -0.4 is 5.32 Å². The van der Waals surface area contributed by atoms with Crippen molar-refractivity contribution in [3.8, 4) is 6.07 Å². The number of benzene rings is 1. The Bertz CT molecular complexity index is 614. The molecule has 1 aromatic heterocycles. The Balaban J connectivity index is 1.71. The van der Waals surface area contributed by atoms with Gasteiger partial charge in [0.1, 0.15) is 0 Å². The standard InChI is InChI=1S/C17H19N3/c1-19-17(15-6-7-15)16-8-9-20(12-16)11-14-4-2-13(10-18)3-5-14/h2-5,8-9,12,15,17,19H,6-7,11H2,1H3. The predicted octanol–water partition coefficient (Wildman–Crippen LogP) is 3.08. The van der Waals surface area contributed by atoms with Crippen molar-refractivity contribution in [2.45, 2.75) is 25.4 Å². The van der Waals surface area contributed by atoms with E-state index in [1.165, 1.54) is 24.0 Å². The summed E-state index contributed by atoms with van der Waals surface area (Å²) in [7, 11) is 2.04. The van der Waals surface area contributed by atoms with Gasteiger partial charge in [-0.15, -0.1) is 0 Å². The number of hydrogen-bond acceptors (Lipinski definition) is 2. The van der Waals surface area contributed by atoms with E-state index in [0.29, 0.717) is 11.6 Å². The topological polar surface area (TPSA) is 40.8 Å². The molecule has 0 radical (unpaired) electrons. The largest absolute Gasteiger partial charge is 0.350 e. The lowest BCUT2D eigenvalue weighted by Gasteiger charge is -2.13. The van der Waals surface area contributed by atoms with Gasteiger partial charge in [0.15, 0.2) is 0 Å². The van der Waals surface area contributed by atoms with Crippen molar-refractivity contribution >= 4 is 0 Å². The van der Waals surface area contributed by atoms with Crippen molar-refractivity contribution in [3.05, 3.63) is 59.4 Å². The van der Waals surface area contributed by atoms with Gasteiger partial charge in [-0.1, -0.05) is 12.1 Å². The molecule has 1 unspecified atom stereocenters. The van der Waals surface area contributed by atoms with Crippen LogP contribution in [0, 0.1) is 17.2 Å². The van der Waals surface area contributed by atoms with Crippen LogP contribution in [0.3, 0.4) is 0 Å². The average Bonchev–Trinajstić information content (AvgIpc) is 3.21. The Morgan fingerprint density at radius 2 is 2.05 bits per heavy atom. The van der Waals surface area contributed by atoms with Crippen molar-refractivity contribution in [3.63, 3.8) is 0 Å². The number of nitriles is 1. The Kier molecular flexibility index (Phi) is 3.58. The lowest BCUT2D eigenvalue weighted by molar-refractivity contribution is 0.528. The highest BCUT2D eigenvalue weighted by molar-refractivity contribution is 5.32. The van der Waals surface area contributed by atoms with Gasteiger partial charge in [-0.3, -0.25) is 0 Å². The summed E-state index contributed by atoms with van der Waals surface area (Å²) in [4.78, 5) is 0. The molecule has 1 aromatic carbocycles. The van der Waals surface area contributed by atoms with Crippen LogP contribution in [0.25, 0.3) is 0 Å². The van der Waals surface area contributed by atoms with Crippen LogP contribution in [-0.2, 0) is 6.54 Å². The highest BCUT2D eigenvalue weighted by Crippen LogP contribution is 2.40. The molecule has 0 amide bonds. The second kappa shape index (κ2) is 5.52. The highest BCUT2D eigenvalue weighted by atomic mass is 15.0. The predicted molar refractivity (Wildman–Crippen MR) is 79.2 cm³/mol. The minimum Gasteiger partial charge on any atom is -0.350 e. The van der Waals surface area contributed by atoms with E-state index < -0.39 is 0 Å². The number of aromatic nitrogens is 1. The lowest BCUT2D eigenvalue weighted by Crippen LogP contribution is -2.17. The van der Waals surface area contributed by atoms with Crippen molar-refractivity contribution in [1.82, 2.24) is 9.88 Å². The Labute approximate surface area is 119 Å². The summed E-state index contributed by atoms with van der Waals surface area (Å²) in [5.41, 5.74) is 3.31. The first-order valence-corrected chi connectivity index (χ1v) is 7.12. The Morgan fingerprint density at radius 1 is 1.30 bits per heavy atom. The fourth-order valence-corrected chi connectivity index (χ4v) is 2.74. The molecule has 1 aliphatic rings. The molecule has 1 heterocycles. The van der Waals surface area contributed by atoms with Crippen LogP contribution in [-0.4, -0.2) is 11.6 Å². The molecule has 0 spiro atoms. The number of nitrogens with zero attached hydrogens (tertiary/aromatic N) is 2. The first kappa shape index (κ1) is 13.0. The zero-order chi connectivity index (χ0) is 13.9. The molecular weight excluding hydrogens is 246 g/mol. The Morgan fingerprint density at radius 3 is 2.65 bits per heavy atom. The van der Waals surface area contributed by atoms with Crippen LogP contribution in [0.5, 0.6) is 0 Å². The number of hydrogen-bond donors (Lipinski definition) is 1. The first-order chi connectivity index (χ1) is 9.80. The van der Waals surface area contributed by atoms with Crippen LogP contribution in [0.2, 0.25) is 0 Å². The molecule has 1 saturated carbocycles. The average molecular weight is 265 g/mol. The molecule has 3 rings (SSSR count). The zero-order valence-electron chi connectivity index (χ0n) is 11.7. The van der Waals surface area contributed by atoms with Crippen molar-refractivity contribution < 1.29 is 0 Å². The van der Waals surface area contributed by atoms with Crippen LogP contribution >= 0.6 is 0 Å². The van der Waals surface area contributed by atoms with Gasteiger partial charge < -0.3 is 9.88 Å². The van der Waals surface area contributed by atoms with E-state index in [0.717, 1.165) is 12.5 Å². The first-order valence-electron chi connectivity index (χ1n) is 7.12. The van der Waals surface area contributed by atoms with E-state index in [2.05, 4.69) is 34.4 Å². The molecule has 3 heteroatoms. The van der Waals surface area contributed by atoms with Crippen molar-refractivity contribution in [2.75, 3.05) is 7.05 Å². The molecular formula is C17H19N3. The molecule has 2 aromatic rings. The second-order valence-corrected chi connectivity index (χ2v) is 5.53. The van der Waals surface area contributed by atoms with Gasteiger partial charge >= 0.3 is 0 Å². The van der Waals surface area contributed by atoms with Gasteiger partial charge in [0, 0.05) is 25.0 Å². The zero-order valence-corrected chi connectivity index (χ0v) is 11.7. The fourth-order valence-electron chi connectivity index (χ4n) is 2.74. The summed E-state index contributed by atoms with van der Waals surface area (Å²) in [6.45, 7) is 0.854. The van der Waals surface area contributed by atoms with Crippen molar-refractivity contribution in [1.29, 1.82) is 5.26 Å². The fraction of sp³-hybridized carbons (Fsp3) is 0.353. The molecule has 1 aliphatic carbocycles. The van der Waals surface area contributed by atoms with E-state index >= 15 is 0 Å². The molecule has 0 saturated heterocycles. The monoisotopic (exact) mass is 265 g/mol. The van der Waals surface area contributed by atoms with E-state index in [9.17, 15) is 0 Å². The Hall–Kier alpha value is -2.05. The summed E-state index contributed by atoms with van der Waals surface area (Å²) in [5, 5.41) is 12.2. The lowest BCUT2D eigenvalue weighted by atomic mass is 10.1. The van der Waals surface area contributed by atoms with Crippen LogP contribution in [0.1, 0.15) is 35.6 Å². The van der Waals surface area contributed by atoms with E-state index in [4.69, 9.17) is 5.26 Å². The van der Waals surface area contributed by atoms with Gasteiger partial charge in [-0.25, -0.2) is 0 Å². The van der Waals surface area contributed by atoms with Crippen LogP contribution in [0.4, 0.5) is 0 Å². The summed E-state index contributed by atoms with van der Waals surface area (Å²) < 4.78 is 2.21. The molecule has 3 nitrogen and oxygen atoms in total. The van der Waals surface area contributed by atoms with Gasteiger partial charge in [-0.2, -0.15) is 5.26 Å². The van der Waals surface area contributed by atoms with E-state index in [1.807, 2.05) is 31.3 Å². The third-order valence-electron chi connectivity index (χ3n) is 3.99. The third-order valence-corrected chi connectivity index (χ3v) is 3.99. The maximum Gasteiger partial charge on any atom is 0.0991 e. The minimum atomic E-state index is 0.497. The summed E-state index contributed by atoms with van der Waals surface area (Å²) in [6, 6.07) is 12.7. The maximum absolute atomic E-state index is 8.81. The van der Waals surface area contributed by atoms with Crippen LogP contribution in [0.15, 0.2) is 42.7 Å². The van der Waals surface area contributed by atoms with E-state index in [-0.39, 0.29) is 0 Å². The molecule has 102 valence electrons. The van der Waals surface area contributed by atoms with Crippen molar-refractivity contribution in [2.24, 2.45) is 5.92 Å². The van der Waals surface area contributed by atoms with Gasteiger partial charge in [-0.05, 0) is 55.1 Å². The summed E-state index contributed by atoms with van der Waals surface area (Å²) in [6.07, 6.45) is 7.05. The molecule has 1 atom stereocenters. The smallest absolute Gasteiger partial charge is 0.0991 e. The quantitative estimate of drug-likeness (QED) is 0.902. The maximum atomic E-state index is 8.81. The SMILES string of the molecule is CNC(c1ccn(Cc2ccc(C#N)cc2)c1)C1CC1. The normalized spacial score (nSPS) is 15.8. The van der Waals surface area contributed by atoms with Gasteiger partial charge in [0.25, 0.3) is 0 Å². The molecule has 0 bridgehead atoms. The molecule has 1 fully saturated rings. The summed E-state index contributed by atoms with van der Waals surface area (Å²) >= 11 is 0. The minimum absolute atomic E-state index is 0.497. The van der Waals surface area contributed by atoms with E-state index in [1.54, 1.807) is 0 Å². The summed E-state index contributed by atoms with van der Waals surface area (Å²) in [5.74, 6) is 0.811. The van der Waals surface area contributed by atoms with Gasteiger partial charge in [0.2, 0.25) is 0 Å². The number of rotatable bonds is 5. The highest BCUT2D eigenvalue weighted by Gasteiger charge is 2.31. The molecule has 20 heavy (non-hydrogen) atoms. The number of nitrogens with one attached hydrogen (secondary N) is 1.